The van der Waals surface area contributed by atoms with Crippen LogP contribution in [0.25, 0.3) is 0 Å². The Morgan fingerprint density at radius 1 is 0.414 bits per heavy atom. The Kier molecular flexibility index (Phi) is 25.9. The fraction of sp³-hybridized carbons (Fsp3) is 0.714. The Morgan fingerprint density at radius 3 is 1.31 bits per heavy atom. The molecule has 0 heterocycles. The molecule has 0 aliphatic rings. The monoisotopic (exact) mass is 401 g/mol. The number of rotatable bonds is 22. The van der Waals surface area contributed by atoms with Gasteiger partial charge >= 0.3 is 0 Å². The van der Waals surface area contributed by atoms with Gasteiger partial charge in [0, 0.05) is 0 Å². The van der Waals surface area contributed by atoms with Crippen molar-refractivity contribution in [3.05, 3.63) is 48.6 Å². The molecule has 1 heteroatoms. The molecule has 0 radical (unpaired) electrons. The first-order valence-electron chi connectivity index (χ1n) is 12.7. The van der Waals surface area contributed by atoms with E-state index >= 15 is 0 Å². The largest absolute Gasteiger partial charge is 0.330 e. The maximum atomic E-state index is 5.47. The van der Waals surface area contributed by atoms with E-state index in [9.17, 15) is 0 Å². The van der Waals surface area contributed by atoms with Crippen LogP contribution in [0.4, 0.5) is 0 Å². The van der Waals surface area contributed by atoms with Crippen molar-refractivity contribution in [1.82, 2.24) is 0 Å². The van der Waals surface area contributed by atoms with Crippen molar-refractivity contribution in [2.24, 2.45) is 5.73 Å². The predicted molar refractivity (Wildman–Crippen MR) is 134 cm³/mol. The van der Waals surface area contributed by atoms with Gasteiger partial charge < -0.3 is 5.73 Å². The normalized spacial score (nSPS) is 12.5. The van der Waals surface area contributed by atoms with E-state index in [1.807, 2.05) is 0 Å². The zero-order valence-corrected chi connectivity index (χ0v) is 19.6. The summed E-state index contributed by atoms with van der Waals surface area (Å²) in [7, 11) is 0. The van der Waals surface area contributed by atoms with Gasteiger partial charge in [0.25, 0.3) is 0 Å². The van der Waals surface area contributed by atoms with Crippen LogP contribution in [0, 0.1) is 0 Å². The van der Waals surface area contributed by atoms with E-state index < -0.39 is 0 Å². The number of hydrogen-bond donors (Lipinski definition) is 1. The van der Waals surface area contributed by atoms with E-state index in [0.717, 1.165) is 51.5 Å². The van der Waals surface area contributed by atoms with Crippen molar-refractivity contribution in [3.63, 3.8) is 0 Å². The summed E-state index contributed by atoms with van der Waals surface area (Å²) < 4.78 is 0. The van der Waals surface area contributed by atoms with Gasteiger partial charge in [-0.05, 0) is 64.3 Å². The molecule has 1 nitrogen and oxygen atoms in total. The smallest absolute Gasteiger partial charge is 0.00743 e. The molecule has 29 heavy (non-hydrogen) atoms. The van der Waals surface area contributed by atoms with Gasteiger partial charge in [-0.3, -0.25) is 0 Å². The van der Waals surface area contributed by atoms with Crippen molar-refractivity contribution >= 4 is 0 Å². The molecule has 0 aliphatic carbocycles. The minimum atomic E-state index is 0.799. The standard InChI is InChI=1S/C28H51N/c1-2-3-4-5-6-7-8-9-10-11-12-13-14-15-16-17-18-19-20-21-22-23-24-25-26-27-28-29/h13-14,16-17,20-21,24-25H,2-12,15,18-19,22-23,26-29H2,1H3. The molecular formula is C28H51N. The Bertz CT molecular complexity index is 403. The molecule has 0 bridgehead atoms. The maximum absolute atomic E-state index is 5.47. The second-order valence-electron chi connectivity index (χ2n) is 8.18. The minimum absolute atomic E-state index is 0.799. The quantitative estimate of drug-likeness (QED) is 0.142. The number of unbranched alkanes of at least 4 members (excludes halogenated alkanes) is 13. The molecule has 0 spiro atoms. The lowest BCUT2D eigenvalue weighted by molar-refractivity contribution is 0.557. The number of allylic oxidation sites excluding steroid dienone is 8. The minimum Gasteiger partial charge on any atom is -0.330 e. The van der Waals surface area contributed by atoms with E-state index in [4.69, 9.17) is 5.73 Å². The van der Waals surface area contributed by atoms with Crippen LogP contribution < -0.4 is 5.73 Å². The third-order valence-corrected chi connectivity index (χ3v) is 5.24. The van der Waals surface area contributed by atoms with Crippen LogP contribution in [0.15, 0.2) is 48.6 Å². The first-order chi connectivity index (χ1) is 14.4. The van der Waals surface area contributed by atoms with Gasteiger partial charge in [0.2, 0.25) is 0 Å². The van der Waals surface area contributed by atoms with Crippen molar-refractivity contribution in [1.29, 1.82) is 0 Å². The summed E-state index contributed by atoms with van der Waals surface area (Å²) >= 11 is 0. The van der Waals surface area contributed by atoms with E-state index in [1.165, 1.54) is 70.6 Å². The van der Waals surface area contributed by atoms with E-state index in [0.29, 0.717) is 0 Å². The number of hydrogen-bond acceptors (Lipinski definition) is 1. The zero-order valence-electron chi connectivity index (χ0n) is 19.6. The van der Waals surface area contributed by atoms with Crippen LogP contribution in [0.2, 0.25) is 0 Å². The lowest BCUT2D eigenvalue weighted by atomic mass is 10.1. The summed E-state index contributed by atoms with van der Waals surface area (Å²) in [6.45, 7) is 3.09. The SMILES string of the molecule is CCCCCCCCCCCCC=CCC=CCCC=CCCC=CCCCN. The Balaban J connectivity index is 3.27. The molecule has 0 amide bonds. The highest BCUT2D eigenvalue weighted by Crippen LogP contribution is 2.11. The highest BCUT2D eigenvalue weighted by atomic mass is 14.5. The highest BCUT2D eigenvalue weighted by Gasteiger charge is 1.91. The van der Waals surface area contributed by atoms with E-state index in [1.54, 1.807) is 0 Å². The molecule has 0 aliphatic heterocycles. The van der Waals surface area contributed by atoms with E-state index in [-0.39, 0.29) is 0 Å². The average Bonchev–Trinajstić information content (AvgIpc) is 2.74. The lowest BCUT2D eigenvalue weighted by Crippen LogP contribution is -1.96. The molecule has 168 valence electrons. The Hall–Kier alpha value is -1.08. The van der Waals surface area contributed by atoms with Gasteiger partial charge in [-0.2, -0.15) is 0 Å². The van der Waals surface area contributed by atoms with Gasteiger partial charge in [-0.15, -0.1) is 0 Å². The zero-order chi connectivity index (χ0) is 21.1. The molecule has 0 fully saturated rings. The van der Waals surface area contributed by atoms with Crippen molar-refractivity contribution in [3.8, 4) is 0 Å². The Morgan fingerprint density at radius 2 is 0.793 bits per heavy atom. The van der Waals surface area contributed by atoms with Gasteiger partial charge in [0.1, 0.15) is 0 Å². The first-order valence-corrected chi connectivity index (χ1v) is 12.7. The molecule has 0 aromatic carbocycles. The molecular weight excluding hydrogens is 350 g/mol. The van der Waals surface area contributed by atoms with Crippen LogP contribution >= 0.6 is 0 Å². The molecule has 0 aromatic heterocycles. The van der Waals surface area contributed by atoms with Crippen LogP contribution in [0.5, 0.6) is 0 Å². The van der Waals surface area contributed by atoms with Crippen LogP contribution in [-0.2, 0) is 0 Å². The van der Waals surface area contributed by atoms with Crippen molar-refractivity contribution in [2.75, 3.05) is 6.54 Å². The fourth-order valence-corrected chi connectivity index (χ4v) is 3.35. The molecule has 0 unspecified atom stereocenters. The van der Waals surface area contributed by atoms with Crippen molar-refractivity contribution in [2.45, 2.75) is 122 Å². The lowest BCUT2D eigenvalue weighted by Gasteiger charge is -2.01. The summed E-state index contributed by atoms with van der Waals surface area (Å²) in [5, 5.41) is 0. The molecule has 0 rings (SSSR count). The van der Waals surface area contributed by atoms with Gasteiger partial charge in [-0.25, -0.2) is 0 Å². The second kappa shape index (κ2) is 26.9. The highest BCUT2D eigenvalue weighted by molar-refractivity contribution is 4.94. The molecule has 0 saturated carbocycles. The van der Waals surface area contributed by atoms with Gasteiger partial charge in [-0.1, -0.05) is 113 Å². The van der Waals surface area contributed by atoms with Crippen LogP contribution in [0.1, 0.15) is 122 Å². The van der Waals surface area contributed by atoms with E-state index in [2.05, 4.69) is 55.5 Å². The topological polar surface area (TPSA) is 26.0 Å². The summed E-state index contributed by atoms with van der Waals surface area (Å²) in [4.78, 5) is 0. The van der Waals surface area contributed by atoms with Crippen LogP contribution in [-0.4, -0.2) is 6.54 Å². The third-order valence-electron chi connectivity index (χ3n) is 5.24. The Labute approximate surface area is 183 Å². The molecule has 0 aromatic rings. The molecule has 0 atom stereocenters. The first kappa shape index (κ1) is 27.9. The summed E-state index contributed by atoms with van der Waals surface area (Å²) in [5.41, 5.74) is 5.47. The predicted octanol–water partition coefficient (Wildman–Crippen LogP) is 9.21. The number of nitrogens with two attached hydrogens (primary N) is 1. The van der Waals surface area contributed by atoms with Gasteiger partial charge in [0.15, 0.2) is 0 Å². The molecule has 2 N–H and O–H groups in total. The summed E-state index contributed by atoms with van der Waals surface area (Å²) in [6.07, 6.45) is 41.9. The second-order valence-corrected chi connectivity index (χ2v) is 8.18. The van der Waals surface area contributed by atoms with Crippen molar-refractivity contribution < 1.29 is 0 Å². The third kappa shape index (κ3) is 26.9. The fourth-order valence-electron chi connectivity index (χ4n) is 3.35. The van der Waals surface area contributed by atoms with Gasteiger partial charge in [0.05, 0.1) is 0 Å². The summed E-state index contributed by atoms with van der Waals surface area (Å²) in [6, 6.07) is 0. The average molecular weight is 402 g/mol. The summed E-state index contributed by atoms with van der Waals surface area (Å²) in [5.74, 6) is 0. The molecule has 0 saturated heterocycles. The maximum Gasteiger partial charge on any atom is -0.00743 e. The van der Waals surface area contributed by atoms with Crippen LogP contribution in [0.3, 0.4) is 0 Å².